The largest absolute Gasteiger partial charge is 0.416 e. The molecule has 1 amide bonds. The first kappa shape index (κ1) is 21.5. The molecular formula is C19H20ClF3N4O2S. The Hall–Kier alpha value is -1.78. The number of halogens is 4. The predicted molar refractivity (Wildman–Crippen MR) is 107 cm³/mol. The lowest BCUT2D eigenvalue weighted by atomic mass is 10.2. The Labute approximate surface area is 180 Å². The minimum Gasteiger partial charge on any atom is -0.376 e. The van der Waals surface area contributed by atoms with Gasteiger partial charge in [0.2, 0.25) is 5.91 Å². The fraction of sp³-hybridized carbons (Fsp3) is 0.526. The summed E-state index contributed by atoms with van der Waals surface area (Å²) in [7, 11) is 0. The zero-order chi connectivity index (χ0) is 21.3. The van der Waals surface area contributed by atoms with E-state index in [9.17, 15) is 18.0 Å². The van der Waals surface area contributed by atoms with Gasteiger partial charge < -0.3 is 14.6 Å². The monoisotopic (exact) mass is 460 g/mol. The molecule has 1 saturated carbocycles. The quantitative estimate of drug-likeness (QED) is 0.604. The van der Waals surface area contributed by atoms with Crippen molar-refractivity contribution in [1.29, 1.82) is 0 Å². The number of anilines is 1. The number of benzene rings is 1. The van der Waals surface area contributed by atoms with Crippen molar-refractivity contribution in [1.82, 2.24) is 14.8 Å². The third kappa shape index (κ3) is 5.09. The van der Waals surface area contributed by atoms with E-state index in [1.54, 1.807) is 0 Å². The van der Waals surface area contributed by atoms with Gasteiger partial charge in [0.25, 0.3) is 0 Å². The molecular weight excluding hydrogens is 441 g/mol. The molecule has 0 bridgehead atoms. The van der Waals surface area contributed by atoms with Gasteiger partial charge in [0.05, 0.1) is 34.7 Å². The van der Waals surface area contributed by atoms with E-state index < -0.39 is 17.6 Å². The van der Waals surface area contributed by atoms with Crippen LogP contribution in [0.25, 0.3) is 0 Å². The van der Waals surface area contributed by atoms with Gasteiger partial charge in [0.1, 0.15) is 5.82 Å². The molecule has 1 saturated heterocycles. The first-order chi connectivity index (χ1) is 14.3. The highest BCUT2D eigenvalue weighted by molar-refractivity contribution is 7.99. The Morgan fingerprint density at radius 1 is 1.30 bits per heavy atom. The van der Waals surface area contributed by atoms with Gasteiger partial charge >= 0.3 is 6.18 Å². The molecule has 2 fully saturated rings. The van der Waals surface area contributed by atoms with Crippen molar-refractivity contribution in [2.24, 2.45) is 0 Å². The molecule has 1 aliphatic carbocycles. The second-order valence-electron chi connectivity index (χ2n) is 7.39. The molecule has 11 heteroatoms. The number of carbonyl (C=O) groups is 1. The van der Waals surface area contributed by atoms with Crippen molar-refractivity contribution >= 4 is 35.0 Å². The highest BCUT2D eigenvalue weighted by atomic mass is 35.5. The Morgan fingerprint density at radius 2 is 2.10 bits per heavy atom. The molecule has 30 heavy (non-hydrogen) atoms. The topological polar surface area (TPSA) is 69.0 Å². The molecule has 1 N–H and O–H groups in total. The third-order valence-corrected chi connectivity index (χ3v) is 6.29. The zero-order valence-corrected chi connectivity index (χ0v) is 17.5. The van der Waals surface area contributed by atoms with Gasteiger partial charge in [-0.05, 0) is 43.9 Å². The van der Waals surface area contributed by atoms with E-state index >= 15 is 0 Å². The first-order valence-corrected chi connectivity index (χ1v) is 11.0. The van der Waals surface area contributed by atoms with Crippen molar-refractivity contribution < 1.29 is 22.7 Å². The number of rotatable bonds is 7. The van der Waals surface area contributed by atoms with Crippen molar-refractivity contribution in [3.05, 3.63) is 34.6 Å². The smallest absolute Gasteiger partial charge is 0.376 e. The summed E-state index contributed by atoms with van der Waals surface area (Å²) < 4.78 is 46.4. The van der Waals surface area contributed by atoms with Crippen LogP contribution in [-0.4, -0.2) is 39.1 Å². The number of nitrogens with one attached hydrogen (secondary N) is 1. The lowest BCUT2D eigenvalue weighted by molar-refractivity contribution is -0.137. The molecule has 1 aliphatic heterocycles. The Bertz CT molecular complexity index is 927. The van der Waals surface area contributed by atoms with Crippen LogP contribution in [0.1, 0.15) is 43.0 Å². The fourth-order valence-electron chi connectivity index (χ4n) is 3.33. The van der Waals surface area contributed by atoms with Gasteiger partial charge in [-0.25, -0.2) is 0 Å². The van der Waals surface area contributed by atoms with Crippen LogP contribution in [0.2, 0.25) is 5.02 Å². The van der Waals surface area contributed by atoms with E-state index in [4.69, 9.17) is 16.3 Å². The van der Waals surface area contributed by atoms with Crippen molar-refractivity contribution in [2.75, 3.05) is 17.7 Å². The van der Waals surface area contributed by atoms with Crippen LogP contribution in [0.3, 0.4) is 0 Å². The number of hydrogen-bond donors (Lipinski definition) is 1. The maximum Gasteiger partial charge on any atom is 0.416 e. The van der Waals surface area contributed by atoms with Crippen molar-refractivity contribution in [3.63, 3.8) is 0 Å². The average molecular weight is 461 g/mol. The summed E-state index contributed by atoms with van der Waals surface area (Å²) in [4.78, 5) is 12.4. The van der Waals surface area contributed by atoms with Gasteiger partial charge in [-0.2, -0.15) is 13.2 Å². The molecule has 1 atom stereocenters. The Morgan fingerprint density at radius 3 is 2.77 bits per heavy atom. The third-order valence-electron chi connectivity index (χ3n) is 5.00. The summed E-state index contributed by atoms with van der Waals surface area (Å²) in [6, 6.07) is 2.82. The lowest BCUT2D eigenvalue weighted by Crippen LogP contribution is -2.19. The van der Waals surface area contributed by atoms with Crippen LogP contribution in [0, 0.1) is 0 Å². The molecule has 2 aliphatic rings. The number of amides is 1. The highest BCUT2D eigenvalue weighted by Gasteiger charge is 2.32. The van der Waals surface area contributed by atoms with Crippen LogP contribution < -0.4 is 5.32 Å². The molecule has 1 unspecified atom stereocenters. The van der Waals surface area contributed by atoms with Gasteiger partial charge in [-0.1, -0.05) is 23.4 Å². The predicted octanol–water partition coefficient (Wildman–Crippen LogP) is 4.74. The number of carbonyl (C=O) groups excluding carboxylic acids is 1. The number of aromatic nitrogens is 3. The summed E-state index contributed by atoms with van der Waals surface area (Å²) in [6.45, 7) is 1.39. The van der Waals surface area contributed by atoms with Crippen LogP contribution in [0.4, 0.5) is 18.9 Å². The normalized spacial score (nSPS) is 19.3. The van der Waals surface area contributed by atoms with E-state index in [0.29, 0.717) is 17.6 Å². The van der Waals surface area contributed by atoms with E-state index in [1.807, 2.05) is 4.57 Å². The standard InChI is InChI=1S/C19H20ClF3N4O2S/c20-14-6-5-12(19(21,22)23)8-15(14)24-16(28)10-30-18-26-25-17(11-3-4-11)27(18)9-13-2-1-7-29-13/h5-6,8,11,13H,1-4,7,9-10H2,(H,24,28). The summed E-state index contributed by atoms with van der Waals surface area (Å²) >= 11 is 7.14. The van der Waals surface area contributed by atoms with E-state index in [1.165, 1.54) is 11.8 Å². The molecule has 0 radical (unpaired) electrons. The molecule has 4 rings (SSSR count). The van der Waals surface area contributed by atoms with Gasteiger partial charge in [0.15, 0.2) is 5.16 Å². The summed E-state index contributed by atoms with van der Waals surface area (Å²) in [5, 5.41) is 11.6. The molecule has 1 aromatic carbocycles. The number of alkyl halides is 3. The molecule has 162 valence electrons. The SMILES string of the molecule is O=C(CSc1nnc(C2CC2)n1CC1CCCO1)Nc1cc(C(F)(F)F)ccc1Cl. The minimum absolute atomic E-state index is 0.0269. The zero-order valence-electron chi connectivity index (χ0n) is 15.9. The second-order valence-corrected chi connectivity index (χ2v) is 8.74. The molecule has 1 aromatic heterocycles. The number of thioether (sulfide) groups is 1. The molecule has 2 aromatic rings. The maximum absolute atomic E-state index is 12.9. The molecule has 2 heterocycles. The highest BCUT2D eigenvalue weighted by Crippen LogP contribution is 2.40. The van der Waals surface area contributed by atoms with Crippen molar-refractivity contribution in [3.8, 4) is 0 Å². The van der Waals surface area contributed by atoms with E-state index in [-0.39, 0.29) is 22.6 Å². The number of hydrogen-bond acceptors (Lipinski definition) is 5. The average Bonchev–Trinajstić information content (AvgIpc) is 3.25. The number of ether oxygens (including phenoxy) is 1. The summed E-state index contributed by atoms with van der Waals surface area (Å²) in [5.41, 5.74) is -0.947. The summed E-state index contributed by atoms with van der Waals surface area (Å²) in [5.74, 6) is 0.808. The van der Waals surface area contributed by atoms with Gasteiger partial charge in [-0.3, -0.25) is 4.79 Å². The van der Waals surface area contributed by atoms with Crippen LogP contribution >= 0.6 is 23.4 Å². The van der Waals surface area contributed by atoms with Crippen LogP contribution in [0.5, 0.6) is 0 Å². The Balaban J connectivity index is 1.42. The summed E-state index contributed by atoms with van der Waals surface area (Å²) in [6.07, 6.45) is -0.270. The lowest BCUT2D eigenvalue weighted by Gasteiger charge is -2.14. The van der Waals surface area contributed by atoms with Crippen molar-refractivity contribution in [2.45, 2.75) is 55.6 Å². The van der Waals surface area contributed by atoms with E-state index in [0.717, 1.165) is 56.3 Å². The first-order valence-electron chi connectivity index (χ1n) is 9.65. The van der Waals surface area contributed by atoms with Crippen LogP contribution in [-0.2, 0) is 22.3 Å². The van der Waals surface area contributed by atoms with Crippen LogP contribution in [0.15, 0.2) is 23.4 Å². The van der Waals surface area contributed by atoms with Gasteiger partial charge in [-0.15, -0.1) is 10.2 Å². The molecule has 0 spiro atoms. The van der Waals surface area contributed by atoms with Gasteiger partial charge in [0, 0.05) is 12.5 Å². The second kappa shape index (κ2) is 8.76. The number of nitrogens with zero attached hydrogens (tertiary/aromatic N) is 3. The Kier molecular flexibility index (Phi) is 6.26. The molecule has 6 nitrogen and oxygen atoms in total. The van der Waals surface area contributed by atoms with E-state index in [2.05, 4.69) is 15.5 Å². The minimum atomic E-state index is -4.52. The maximum atomic E-state index is 12.9. The fourth-order valence-corrected chi connectivity index (χ4v) is 4.25.